The standard InChI is InChI=1S/C12H13F4N3O/c1-18-7-4-3-6(5-8(7)19(2)11(18)20)9(17)12(15,16)10(13)14/h3-5,9-10H,17H2,1-2H3. The molecule has 0 saturated carbocycles. The molecule has 2 N–H and O–H groups in total. The fourth-order valence-electron chi connectivity index (χ4n) is 2.08. The Morgan fingerprint density at radius 1 is 1.15 bits per heavy atom. The molecule has 4 nitrogen and oxygen atoms in total. The third-order valence-electron chi connectivity index (χ3n) is 3.36. The molecule has 2 rings (SSSR count). The van der Waals surface area contributed by atoms with E-state index in [1.807, 2.05) is 0 Å². The van der Waals surface area contributed by atoms with Crippen molar-refractivity contribution in [3.8, 4) is 0 Å². The minimum atomic E-state index is -4.33. The van der Waals surface area contributed by atoms with Gasteiger partial charge in [-0.05, 0) is 17.7 Å². The molecular weight excluding hydrogens is 278 g/mol. The Morgan fingerprint density at radius 3 is 2.25 bits per heavy atom. The fraction of sp³-hybridized carbons (Fsp3) is 0.417. The average molecular weight is 291 g/mol. The maximum absolute atomic E-state index is 13.3. The highest BCUT2D eigenvalue weighted by Gasteiger charge is 2.47. The summed E-state index contributed by atoms with van der Waals surface area (Å²) in [5, 5.41) is 0. The van der Waals surface area contributed by atoms with Crippen molar-refractivity contribution in [3.63, 3.8) is 0 Å². The number of halogens is 4. The van der Waals surface area contributed by atoms with Crippen LogP contribution in [0.3, 0.4) is 0 Å². The summed E-state index contributed by atoms with van der Waals surface area (Å²) in [5.41, 5.74) is 5.61. The van der Waals surface area contributed by atoms with Crippen LogP contribution in [0, 0.1) is 0 Å². The molecule has 1 aromatic carbocycles. The second-order valence-electron chi connectivity index (χ2n) is 4.60. The van der Waals surface area contributed by atoms with Crippen LogP contribution in [-0.2, 0) is 14.1 Å². The number of hydrogen-bond donors (Lipinski definition) is 1. The Kier molecular flexibility index (Phi) is 3.37. The zero-order valence-electron chi connectivity index (χ0n) is 10.8. The predicted octanol–water partition coefficient (Wildman–Crippen LogP) is 1.78. The third-order valence-corrected chi connectivity index (χ3v) is 3.36. The molecule has 0 aliphatic heterocycles. The van der Waals surface area contributed by atoms with E-state index in [-0.39, 0.29) is 11.3 Å². The van der Waals surface area contributed by atoms with Gasteiger partial charge in [-0.3, -0.25) is 9.13 Å². The first kappa shape index (κ1) is 14.6. The van der Waals surface area contributed by atoms with Gasteiger partial charge in [0.25, 0.3) is 0 Å². The highest BCUT2D eigenvalue weighted by Crippen LogP contribution is 2.35. The van der Waals surface area contributed by atoms with Gasteiger partial charge in [-0.15, -0.1) is 0 Å². The number of fused-ring (bicyclic) bond motifs is 1. The van der Waals surface area contributed by atoms with Crippen molar-refractivity contribution in [2.45, 2.75) is 18.4 Å². The lowest BCUT2D eigenvalue weighted by Crippen LogP contribution is -2.39. The van der Waals surface area contributed by atoms with E-state index in [2.05, 4.69) is 0 Å². The van der Waals surface area contributed by atoms with E-state index in [9.17, 15) is 22.4 Å². The summed E-state index contributed by atoms with van der Waals surface area (Å²) in [7, 11) is 2.99. The summed E-state index contributed by atoms with van der Waals surface area (Å²) in [4.78, 5) is 11.7. The molecule has 0 radical (unpaired) electrons. The average Bonchev–Trinajstić information content (AvgIpc) is 2.62. The van der Waals surface area contributed by atoms with Crippen molar-refractivity contribution in [2.24, 2.45) is 19.8 Å². The van der Waals surface area contributed by atoms with E-state index in [0.29, 0.717) is 11.0 Å². The number of imidazole rings is 1. The number of benzene rings is 1. The first-order chi connectivity index (χ1) is 9.17. The topological polar surface area (TPSA) is 53.0 Å². The second-order valence-corrected chi connectivity index (χ2v) is 4.60. The largest absolute Gasteiger partial charge is 0.328 e. The van der Waals surface area contributed by atoms with Crippen LogP contribution >= 0.6 is 0 Å². The molecule has 0 fully saturated rings. The highest BCUT2D eigenvalue weighted by atomic mass is 19.3. The molecule has 8 heteroatoms. The Bertz CT molecular complexity index is 705. The minimum absolute atomic E-state index is 0.149. The van der Waals surface area contributed by atoms with Crippen molar-refractivity contribution in [1.29, 1.82) is 0 Å². The molecular formula is C12H13F4N3O. The number of hydrogen-bond acceptors (Lipinski definition) is 2. The zero-order chi connectivity index (χ0) is 15.2. The Labute approximate surface area is 111 Å². The molecule has 1 aromatic heterocycles. The molecule has 20 heavy (non-hydrogen) atoms. The Hall–Kier alpha value is -1.83. The zero-order valence-corrected chi connectivity index (χ0v) is 10.8. The molecule has 0 aliphatic rings. The quantitative estimate of drug-likeness (QED) is 0.876. The maximum Gasteiger partial charge on any atom is 0.328 e. The number of aryl methyl sites for hydroxylation is 2. The fourth-order valence-corrected chi connectivity index (χ4v) is 2.08. The summed E-state index contributed by atoms with van der Waals surface area (Å²) in [6.45, 7) is 0. The van der Waals surface area contributed by atoms with Crippen molar-refractivity contribution in [1.82, 2.24) is 9.13 Å². The molecule has 0 aliphatic carbocycles. The maximum atomic E-state index is 13.3. The van der Waals surface area contributed by atoms with Gasteiger partial charge in [0.15, 0.2) is 0 Å². The summed E-state index contributed by atoms with van der Waals surface area (Å²) in [6, 6.07) is 1.73. The van der Waals surface area contributed by atoms with Gasteiger partial charge >= 0.3 is 18.0 Å². The normalized spacial score (nSPS) is 14.2. The first-order valence-corrected chi connectivity index (χ1v) is 5.74. The Morgan fingerprint density at radius 2 is 1.70 bits per heavy atom. The van der Waals surface area contributed by atoms with Gasteiger partial charge in [0, 0.05) is 14.1 Å². The lowest BCUT2D eigenvalue weighted by molar-refractivity contribution is -0.144. The lowest BCUT2D eigenvalue weighted by atomic mass is 10.0. The predicted molar refractivity (Wildman–Crippen MR) is 66.0 cm³/mol. The molecule has 1 atom stereocenters. The number of nitrogens with zero attached hydrogens (tertiary/aromatic N) is 2. The van der Waals surface area contributed by atoms with Crippen LogP contribution in [0.25, 0.3) is 11.0 Å². The van der Waals surface area contributed by atoms with Gasteiger partial charge in [0.1, 0.15) is 6.04 Å². The van der Waals surface area contributed by atoms with Crippen LogP contribution in [0.1, 0.15) is 11.6 Å². The number of nitrogens with two attached hydrogens (primary N) is 1. The van der Waals surface area contributed by atoms with Crippen molar-refractivity contribution < 1.29 is 17.6 Å². The minimum Gasteiger partial charge on any atom is -0.319 e. The van der Waals surface area contributed by atoms with E-state index < -0.39 is 18.4 Å². The molecule has 1 heterocycles. The van der Waals surface area contributed by atoms with E-state index in [0.717, 1.165) is 0 Å². The van der Waals surface area contributed by atoms with Crippen LogP contribution < -0.4 is 11.4 Å². The van der Waals surface area contributed by atoms with E-state index in [1.165, 1.54) is 41.4 Å². The van der Waals surface area contributed by atoms with Gasteiger partial charge in [-0.25, -0.2) is 13.6 Å². The molecule has 0 spiro atoms. The van der Waals surface area contributed by atoms with Crippen molar-refractivity contribution in [2.75, 3.05) is 0 Å². The van der Waals surface area contributed by atoms with E-state index in [1.54, 1.807) is 0 Å². The molecule has 2 aromatic rings. The monoisotopic (exact) mass is 291 g/mol. The van der Waals surface area contributed by atoms with Gasteiger partial charge in [0.2, 0.25) is 0 Å². The van der Waals surface area contributed by atoms with Crippen molar-refractivity contribution >= 4 is 11.0 Å². The van der Waals surface area contributed by atoms with Crippen LogP contribution in [0.2, 0.25) is 0 Å². The van der Waals surface area contributed by atoms with Gasteiger partial charge in [-0.2, -0.15) is 8.78 Å². The first-order valence-electron chi connectivity index (χ1n) is 5.74. The van der Waals surface area contributed by atoms with Crippen LogP contribution in [-0.4, -0.2) is 21.5 Å². The number of aromatic nitrogens is 2. The molecule has 0 amide bonds. The summed E-state index contributed by atoms with van der Waals surface area (Å²) in [5.74, 6) is -4.33. The highest BCUT2D eigenvalue weighted by molar-refractivity contribution is 5.77. The van der Waals surface area contributed by atoms with Crippen LogP contribution in [0.15, 0.2) is 23.0 Å². The van der Waals surface area contributed by atoms with Gasteiger partial charge in [0.05, 0.1) is 11.0 Å². The number of alkyl halides is 4. The van der Waals surface area contributed by atoms with Crippen LogP contribution in [0.4, 0.5) is 17.6 Å². The number of rotatable bonds is 3. The SMILES string of the molecule is Cn1c(=O)n(C)c2cc(C(N)C(F)(F)C(F)F)ccc21. The van der Waals surface area contributed by atoms with Crippen molar-refractivity contribution in [3.05, 3.63) is 34.2 Å². The summed E-state index contributed by atoms with van der Waals surface area (Å²) in [6.07, 6.45) is -3.85. The molecule has 110 valence electrons. The van der Waals surface area contributed by atoms with Gasteiger partial charge in [-0.1, -0.05) is 6.07 Å². The lowest BCUT2D eigenvalue weighted by Gasteiger charge is -2.23. The smallest absolute Gasteiger partial charge is 0.319 e. The Balaban J connectivity index is 2.58. The third kappa shape index (κ3) is 2.00. The molecule has 0 saturated heterocycles. The van der Waals surface area contributed by atoms with Gasteiger partial charge < -0.3 is 5.73 Å². The summed E-state index contributed by atoms with van der Waals surface area (Å²) < 4.78 is 53.7. The van der Waals surface area contributed by atoms with Crippen LogP contribution in [0.5, 0.6) is 0 Å². The van der Waals surface area contributed by atoms with E-state index in [4.69, 9.17) is 5.73 Å². The second kappa shape index (κ2) is 4.62. The molecule has 1 unspecified atom stereocenters. The van der Waals surface area contributed by atoms with E-state index >= 15 is 0 Å². The molecule has 0 bridgehead atoms. The summed E-state index contributed by atoms with van der Waals surface area (Å²) >= 11 is 0.